The summed E-state index contributed by atoms with van der Waals surface area (Å²) >= 11 is 0. The highest BCUT2D eigenvalue weighted by Gasteiger charge is 2.62. The molecule has 3 N–H and O–H groups in total. The molecule has 0 radical (unpaired) electrons. The average Bonchev–Trinajstić information content (AvgIpc) is 2.99. The number of carbonyl (C=O) groups is 1. The van der Waals surface area contributed by atoms with Crippen LogP contribution in [-0.4, -0.2) is 18.9 Å². The van der Waals surface area contributed by atoms with Crippen molar-refractivity contribution in [3.63, 3.8) is 0 Å². The fraction of sp³-hybridized carbons (Fsp3) is 0.421. The Labute approximate surface area is 136 Å². The lowest BCUT2D eigenvalue weighted by atomic mass is 9.85. The maximum Gasteiger partial charge on any atom is 0.193 e. The smallest absolute Gasteiger partial charge is 0.193 e. The monoisotopic (exact) mass is 310 g/mol. The van der Waals surface area contributed by atoms with Crippen LogP contribution < -0.4 is 15.8 Å². The van der Waals surface area contributed by atoms with Gasteiger partial charge in [-0.05, 0) is 37.4 Å². The first-order valence-corrected chi connectivity index (χ1v) is 8.24. The quantitative estimate of drug-likeness (QED) is 0.881. The van der Waals surface area contributed by atoms with Gasteiger partial charge in [0, 0.05) is 22.4 Å². The fourth-order valence-electron chi connectivity index (χ4n) is 4.10. The molecule has 3 aliphatic rings. The van der Waals surface area contributed by atoms with Gasteiger partial charge in [0.2, 0.25) is 0 Å². The molecule has 0 aromatic heterocycles. The number of benzene rings is 1. The van der Waals surface area contributed by atoms with Crippen LogP contribution in [0.4, 0.5) is 0 Å². The van der Waals surface area contributed by atoms with Crippen molar-refractivity contribution in [2.45, 2.75) is 44.2 Å². The largest absolute Gasteiger partial charge is 0.483 e. The molecule has 1 aliphatic heterocycles. The van der Waals surface area contributed by atoms with Gasteiger partial charge < -0.3 is 15.8 Å². The minimum Gasteiger partial charge on any atom is -0.483 e. The molecule has 2 aliphatic carbocycles. The fourth-order valence-corrected chi connectivity index (χ4v) is 4.10. The number of hydrogen-bond acceptors (Lipinski definition) is 4. The molecule has 0 spiro atoms. The normalized spacial score (nSPS) is 28.4. The Kier molecular flexibility index (Phi) is 2.97. The van der Waals surface area contributed by atoms with Crippen molar-refractivity contribution >= 4 is 5.78 Å². The molecule has 2 unspecified atom stereocenters. The number of hydrogen-bond donors (Lipinski definition) is 2. The van der Waals surface area contributed by atoms with E-state index in [1.807, 2.05) is 13.1 Å². The second-order valence-electron chi connectivity index (χ2n) is 6.89. The summed E-state index contributed by atoms with van der Waals surface area (Å²) in [4.78, 5) is 13.2. The molecule has 0 amide bonds. The average molecular weight is 310 g/mol. The standard InChI is InChI=1S/C19H22N2O2/c1-10(2)11-7-8-13-15(9-11)23-18-12-5-4-6-14(20)16(12)17(22)19(13,18)21-3/h5,7-10,18,21H,4,6,20H2,1-3H3. The van der Waals surface area contributed by atoms with Gasteiger partial charge in [0.1, 0.15) is 5.75 Å². The lowest BCUT2D eigenvalue weighted by molar-refractivity contribution is -0.121. The molecule has 1 heterocycles. The number of Topliss-reactive ketones (excluding diaryl/α,β-unsaturated/α-hetero) is 1. The molecule has 120 valence electrons. The summed E-state index contributed by atoms with van der Waals surface area (Å²) in [6.07, 6.45) is 3.41. The van der Waals surface area contributed by atoms with Crippen LogP contribution in [0, 0.1) is 0 Å². The van der Waals surface area contributed by atoms with Crippen LogP contribution in [0.15, 0.2) is 41.1 Å². The maximum absolute atomic E-state index is 13.2. The zero-order chi connectivity index (χ0) is 16.4. The van der Waals surface area contributed by atoms with E-state index in [2.05, 4.69) is 37.4 Å². The van der Waals surface area contributed by atoms with Crippen LogP contribution >= 0.6 is 0 Å². The predicted octanol–water partition coefficient (Wildman–Crippen LogP) is 2.50. The number of fused-ring (bicyclic) bond motifs is 5. The minimum absolute atomic E-state index is 0.0458. The molecule has 2 atom stereocenters. The maximum atomic E-state index is 13.2. The minimum atomic E-state index is -0.832. The van der Waals surface area contributed by atoms with E-state index in [-0.39, 0.29) is 11.9 Å². The number of carbonyl (C=O) groups excluding carboxylic acids is 1. The molecule has 4 heteroatoms. The molecule has 4 nitrogen and oxygen atoms in total. The van der Waals surface area contributed by atoms with Gasteiger partial charge in [0.15, 0.2) is 17.4 Å². The Morgan fingerprint density at radius 3 is 2.87 bits per heavy atom. The summed E-state index contributed by atoms with van der Waals surface area (Å²) in [5.74, 6) is 1.28. The molecule has 1 saturated carbocycles. The Balaban J connectivity index is 1.93. The van der Waals surface area contributed by atoms with E-state index >= 15 is 0 Å². The van der Waals surface area contributed by atoms with Crippen molar-refractivity contribution < 1.29 is 9.53 Å². The van der Waals surface area contributed by atoms with Crippen molar-refractivity contribution in [2.75, 3.05) is 7.05 Å². The van der Waals surface area contributed by atoms with Crippen LogP contribution in [0.5, 0.6) is 5.75 Å². The summed E-state index contributed by atoms with van der Waals surface area (Å²) < 4.78 is 6.26. The third-order valence-electron chi connectivity index (χ3n) is 5.39. The number of allylic oxidation sites excluding steroid dienone is 2. The topological polar surface area (TPSA) is 64.4 Å². The molecule has 1 aromatic carbocycles. The van der Waals surface area contributed by atoms with E-state index in [0.717, 1.165) is 29.7 Å². The second kappa shape index (κ2) is 4.71. The third kappa shape index (κ3) is 1.67. The Bertz CT molecular complexity index is 776. The molecule has 4 rings (SSSR count). The van der Waals surface area contributed by atoms with E-state index in [1.54, 1.807) is 0 Å². The van der Waals surface area contributed by atoms with Crippen LogP contribution in [-0.2, 0) is 10.3 Å². The van der Waals surface area contributed by atoms with Gasteiger partial charge in [-0.1, -0.05) is 32.1 Å². The van der Waals surface area contributed by atoms with Gasteiger partial charge in [-0.15, -0.1) is 0 Å². The zero-order valence-corrected chi connectivity index (χ0v) is 13.8. The molecule has 1 aromatic rings. The first kappa shape index (κ1) is 14.5. The van der Waals surface area contributed by atoms with E-state index < -0.39 is 5.54 Å². The molecule has 23 heavy (non-hydrogen) atoms. The SMILES string of the molecule is CNC12C(=O)C3=C(N)CCC=C3C1Oc1cc(C(C)C)ccc12. The van der Waals surface area contributed by atoms with Crippen LogP contribution in [0.1, 0.15) is 43.7 Å². The van der Waals surface area contributed by atoms with Gasteiger partial charge in [0.05, 0.1) is 0 Å². The molecular formula is C19H22N2O2. The van der Waals surface area contributed by atoms with Gasteiger partial charge in [-0.3, -0.25) is 4.79 Å². The molecule has 0 saturated heterocycles. The van der Waals surface area contributed by atoms with Crippen molar-refractivity contribution in [2.24, 2.45) is 5.73 Å². The number of nitrogens with two attached hydrogens (primary N) is 1. The Morgan fingerprint density at radius 2 is 2.17 bits per heavy atom. The van der Waals surface area contributed by atoms with E-state index in [4.69, 9.17) is 10.5 Å². The van der Waals surface area contributed by atoms with Crippen molar-refractivity contribution in [3.8, 4) is 5.75 Å². The van der Waals surface area contributed by atoms with Crippen LogP contribution in [0.25, 0.3) is 0 Å². The van der Waals surface area contributed by atoms with Crippen molar-refractivity contribution in [3.05, 3.63) is 52.2 Å². The summed E-state index contributed by atoms with van der Waals surface area (Å²) in [5.41, 5.74) is 9.78. The zero-order valence-electron chi connectivity index (χ0n) is 13.8. The van der Waals surface area contributed by atoms with Crippen molar-refractivity contribution in [1.82, 2.24) is 5.32 Å². The van der Waals surface area contributed by atoms with E-state index in [1.165, 1.54) is 5.56 Å². The number of likely N-dealkylation sites (N-methyl/N-ethyl adjacent to an activating group) is 1. The van der Waals surface area contributed by atoms with Crippen LogP contribution in [0.3, 0.4) is 0 Å². The first-order chi connectivity index (χ1) is 11.0. The summed E-state index contributed by atoms with van der Waals surface area (Å²) in [6, 6.07) is 6.20. The van der Waals surface area contributed by atoms with Crippen molar-refractivity contribution in [1.29, 1.82) is 0 Å². The third-order valence-corrected chi connectivity index (χ3v) is 5.39. The van der Waals surface area contributed by atoms with E-state index in [0.29, 0.717) is 17.2 Å². The van der Waals surface area contributed by atoms with Gasteiger partial charge in [0.25, 0.3) is 0 Å². The highest BCUT2D eigenvalue weighted by atomic mass is 16.5. The lowest BCUT2D eigenvalue weighted by Crippen LogP contribution is -2.50. The Morgan fingerprint density at radius 1 is 1.39 bits per heavy atom. The molecule has 1 fully saturated rings. The first-order valence-electron chi connectivity index (χ1n) is 8.24. The number of rotatable bonds is 2. The van der Waals surface area contributed by atoms with Gasteiger partial charge in [-0.2, -0.15) is 0 Å². The number of nitrogens with one attached hydrogen (secondary N) is 1. The lowest BCUT2D eigenvalue weighted by Gasteiger charge is -2.25. The summed E-state index contributed by atoms with van der Waals surface area (Å²) in [5, 5.41) is 3.27. The second-order valence-corrected chi connectivity index (χ2v) is 6.89. The summed E-state index contributed by atoms with van der Waals surface area (Å²) in [7, 11) is 1.83. The Hall–Kier alpha value is -2.07. The molecule has 0 bridgehead atoms. The van der Waals surface area contributed by atoms with Gasteiger partial charge >= 0.3 is 0 Å². The highest BCUT2D eigenvalue weighted by Crippen LogP contribution is 2.54. The number of ketones is 1. The summed E-state index contributed by atoms with van der Waals surface area (Å²) in [6.45, 7) is 4.31. The predicted molar refractivity (Wildman–Crippen MR) is 89.2 cm³/mol. The van der Waals surface area contributed by atoms with E-state index in [9.17, 15) is 4.79 Å². The molecular weight excluding hydrogens is 288 g/mol. The van der Waals surface area contributed by atoms with Crippen LogP contribution in [0.2, 0.25) is 0 Å². The van der Waals surface area contributed by atoms with Gasteiger partial charge in [-0.25, -0.2) is 0 Å². The number of ether oxygens (including phenoxy) is 1. The highest BCUT2D eigenvalue weighted by molar-refractivity contribution is 6.13.